The maximum Gasteiger partial charge on any atom is 0.416 e. The molecule has 1 fully saturated rings. The molecule has 0 bridgehead atoms. The van der Waals surface area contributed by atoms with Crippen molar-refractivity contribution in [2.75, 3.05) is 13.2 Å². The highest BCUT2D eigenvalue weighted by Gasteiger charge is 2.35. The van der Waals surface area contributed by atoms with Crippen molar-refractivity contribution < 1.29 is 17.9 Å². The number of rotatable bonds is 6. The van der Waals surface area contributed by atoms with Crippen LogP contribution in [0.2, 0.25) is 0 Å². The second-order valence-corrected chi connectivity index (χ2v) is 9.34. The summed E-state index contributed by atoms with van der Waals surface area (Å²) in [5.74, 6) is 0. The molecule has 2 atom stereocenters. The number of nitrogens with one attached hydrogen (secondary N) is 1. The first-order chi connectivity index (χ1) is 13.1. The molecule has 2 aromatic rings. The van der Waals surface area contributed by atoms with Crippen LogP contribution in [-0.4, -0.2) is 24.8 Å². The van der Waals surface area contributed by atoms with Gasteiger partial charge in [0, 0.05) is 22.9 Å². The van der Waals surface area contributed by atoms with Gasteiger partial charge in [-0.05, 0) is 62.7 Å². The van der Waals surface area contributed by atoms with E-state index in [1.54, 1.807) is 11.3 Å². The summed E-state index contributed by atoms with van der Waals surface area (Å²) >= 11 is 1.59. The first-order valence-electron chi connectivity index (χ1n) is 9.69. The van der Waals surface area contributed by atoms with Crippen LogP contribution in [0, 0.1) is 0 Å². The van der Waals surface area contributed by atoms with Crippen LogP contribution in [0.5, 0.6) is 0 Å². The second kappa shape index (κ2) is 8.17. The molecule has 1 aliphatic rings. The molecular formula is C22H28F3NOS. The standard InChI is InChI=1S/C22H28F3NOS/c1-20(2)15-18(9-12-27-20)26-11-10-21(3,19-8-5-13-28-19)16-6-4-7-17(14-16)22(23,24)25/h4-8,13-14,18,26H,9-12,15H2,1-3H3. The Morgan fingerprint density at radius 1 is 1.18 bits per heavy atom. The predicted molar refractivity (Wildman–Crippen MR) is 108 cm³/mol. The van der Waals surface area contributed by atoms with Gasteiger partial charge in [-0.15, -0.1) is 11.3 Å². The van der Waals surface area contributed by atoms with E-state index in [0.717, 1.165) is 43.4 Å². The lowest BCUT2D eigenvalue weighted by Crippen LogP contribution is -2.44. The van der Waals surface area contributed by atoms with Crippen LogP contribution in [-0.2, 0) is 16.3 Å². The Morgan fingerprint density at radius 3 is 2.57 bits per heavy atom. The van der Waals surface area contributed by atoms with Crippen molar-refractivity contribution in [3.8, 4) is 0 Å². The number of hydrogen-bond donors (Lipinski definition) is 1. The maximum atomic E-state index is 13.2. The van der Waals surface area contributed by atoms with Crippen LogP contribution in [0.25, 0.3) is 0 Å². The molecule has 1 aromatic carbocycles. The lowest BCUT2D eigenvalue weighted by atomic mass is 9.77. The third-order valence-corrected chi connectivity index (χ3v) is 6.78. The maximum absolute atomic E-state index is 13.2. The molecule has 2 unspecified atom stereocenters. The minimum atomic E-state index is -4.34. The molecule has 2 nitrogen and oxygen atoms in total. The monoisotopic (exact) mass is 411 g/mol. The summed E-state index contributed by atoms with van der Waals surface area (Å²) in [5.41, 5.74) is -0.484. The average molecular weight is 412 g/mol. The number of alkyl halides is 3. The van der Waals surface area contributed by atoms with E-state index < -0.39 is 17.2 Å². The van der Waals surface area contributed by atoms with Gasteiger partial charge >= 0.3 is 6.18 Å². The first kappa shape index (κ1) is 21.3. The number of halogens is 3. The fraction of sp³-hybridized carbons (Fsp3) is 0.545. The Bertz CT molecular complexity index is 772. The van der Waals surface area contributed by atoms with Crippen molar-refractivity contribution in [1.82, 2.24) is 5.32 Å². The molecule has 6 heteroatoms. The van der Waals surface area contributed by atoms with Crippen molar-refractivity contribution in [2.45, 2.75) is 63.3 Å². The molecule has 1 aromatic heterocycles. The molecule has 1 N–H and O–H groups in total. The Kier molecular flexibility index (Phi) is 6.23. The lowest BCUT2D eigenvalue weighted by Gasteiger charge is -2.37. The Morgan fingerprint density at radius 2 is 1.93 bits per heavy atom. The lowest BCUT2D eigenvalue weighted by molar-refractivity contribution is -0.137. The van der Waals surface area contributed by atoms with Crippen molar-refractivity contribution in [3.05, 3.63) is 57.8 Å². The van der Waals surface area contributed by atoms with E-state index in [1.165, 1.54) is 12.1 Å². The van der Waals surface area contributed by atoms with Gasteiger partial charge in [0.25, 0.3) is 0 Å². The molecule has 28 heavy (non-hydrogen) atoms. The van der Waals surface area contributed by atoms with Crippen molar-refractivity contribution in [2.24, 2.45) is 0 Å². The summed E-state index contributed by atoms with van der Waals surface area (Å²) in [5, 5.41) is 5.59. The van der Waals surface area contributed by atoms with Crippen molar-refractivity contribution in [3.63, 3.8) is 0 Å². The summed E-state index contributed by atoms with van der Waals surface area (Å²) < 4.78 is 45.5. The van der Waals surface area contributed by atoms with Gasteiger partial charge in [-0.1, -0.05) is 31.2 Å². The highest BCUT2D eigenvalue weighted by atomic mass is 32.1. The zero-order valence-corrected chi connectivity index (χ0v) is 17.4. The van der Waals surface area contributed by atoms with Crippen LogP contribution >= 0.6 is 11.3 Å². The van der Waals surface area contributed by atoms with Crippen LogP contribution in [0.15, 0.2) is 41.8 Å². The average Bonchev–Trinajstić information content (AvgIpc) is 3.15. The zero-order valence-electron chi connectivity index (χ0n) is 16.6. The molecule has 1 aliphatic heterocycles. The summed E-state index contributed by atoms with van der Waals surface area (Å²) in [4.78, 5) is 1.08. The predicted octanol–water partition coefficient (Wildman–Crippen LogP) is 6.01. The summed E-state index contributed by atoms with van der Waals surface area (Å²) in [7, 11) is 0. The number of hydrogen-bond acceptors (Lipinski definition) is 3. The number of ether oxygens (including phenoxy) is 1. The minimum absolute atomic E-state index is 0.131. The fourth-order valence-electron chi connectivity index (χ4n) is 3.97. The molecule has 0 radical (unpaired) electrons. The number of benzene rings is 1. The summed E-state index contributed by atoms with van der Waals surface area (Å²) in [6.07, 6.45) is -1.71. The highest BCUT2D eigenvalue weighted by molar-refractivity contribution is 7.10. The Hall–Kier alpha value is -1.37. The second-order valence-electron chi connectivity index (χ2n) is 8.39. The molecule has 1 saturated heterocycles. The quantitative estimate of drug-likeness (QED) is 0.628. The third-order valence-electron chi connectivity index (χ3n) is 5.65. The van der Waals surface area contributed by atoms with Gasteiger partial charge < -0.3 is 10.1 Å². The topological polar surface area (TPSA) is 21.3 Å². The Labute approximate surface area is 169 Å². The third kappa shape index (κ3) is 4.97. The number of thiophene rings is 1. The van der Waals surface area contributed by atoms with Crippen molar-refractivity contribution in [1.29, 1.82) is 0 Å². The first-order valence-corrected chi connectivity index (χ1v) is 10.6. The van der Waals surface area contributed by atoms with Gasteiger partial charge in [-0.3, -0.25) is 0 Å². The molecule has 3 rings (SSSR count). The normalized spacial score (nSPS) is 22.0. The van der Waals surface area contributed by atoms with Gasteiger partial charge in [0.15, 0.2) is 0 Å². The summed E-state index contributed by atoms with van der Waals surface area (Å²) in [6, 6.07) is 10.1. The SMILES string of the molecule is CC1(C)CC(NCCC(C)(c2cccc(C(F)(F)F)c2)c2cccs2)CCO1. The van der Waals surface area contributed by atoms with Gasteiger partial charge in [-0.2, -0.15) is 13.2 Å². The molecule has 154 valence electrons. The van der Waals surface area contributed by atoms with Gasteiger partial charge in [-0.25, -0.2) is 0 Å². The largest absolute Gasteiger partial charge is 0.416 e. The molecule has 0 amide bonds. The molecule has 0 spiro atoms. The van der Waals surface area contributed by atoms with E-state index in [9.17, 15) is 13.2 Å². The van der Waals surface area contributed by atoms with Crippen LogP contribution < -0.4 is 5.32 Å². The zero-order chi connectivity index (χ0) is 20.4. The molecule has 2 heterocycles. The van der Waals surface area contributed by atoms with E-state index in [1.807, 2.05) is 30.5 Å². The van der Waals surface area contributed by atoms with E-state index in [4.69, 9.17) is 4.74 Å². The van der Waals surface area contributed by atoms with Gasteiger partial charge in [0.05, 0.1) is 11.2 Å². The van der Waals surface area contributed by atoms with Gasteiger partial charge in [0.1, 0.15) is 0 Å². The van der Waals surface area contributed by atoms with Crippen molar-refractivity contribution >= 4 is 11.3 Å². The minimum Gasteiger partial charge on any atom is -0.375 e. The van der Waals surface area contributed by atoms with E-state index >= 15 is 0 Å². The summed E-state index contributed by atoms with van der Waals surface area (Å²) in [6.45, 7) is 7.72. The highest BCUT2D eigenvalue weighted by Crippen LogP contribution is 2.40. The van der Waals surface area contributed by atoms with Crippen LogP contribution in [0.3, 0.4) is 0 Å². The van der Waals surface area contributed by atoms with Crippen LogP contribution in [0.4, 0.5) is 13.2 Å². The van der Waals surface area contributed by atoms with E-state index in [0.29, 0.717) is 11.6 Å². The molecular weight excluding hydrogens is 383 g/mol. The van der Waals surface area contributed by atoms with Crippen LogP contribution in [0.1, 0.15) is 56.0 Å². The van der Waals surface area contributed by atoms with E-state index in [2.05, 4.69) is 19.2 Å². The van der Waals surface area contributed by atoms with E-state index in [-0.39, 0.29) is 5.60 Å². The fourth-order valence-corrected chi connectivity index (χ4v) is 4.91. The molecule has 0 saturated carbocycles. The van der Waals surface area contributed by atoms with Gasteiger partial charge in [0.2, 0.25) is 0 Å². The Balaban J connectivity index is 1.78. The smallest absolute Gasteiger partial charge is 0.375 e. The molecule has 0 aliphatic carbocycles.